The van der Waals surface area contributed by atoms with Crippen LogP contribution in [0.1, 0.15) is 23.6 Å². The number of halogens is 1. The van der Waals surface area contributed by atoms with Gasteiger partial charge in [0.1, 0.15) is 0 Å². The van der Waals surface area contributed by atoms with E-state index < -0.39 is 0 Å². The normalized spacial score (nSPS) is 19.8. The van der Waals surface area contributed by atoms with Crippen molar-refractivity contribution in [1.29, 1.82) is 0 Å². The third kappa shape index (κ3) is 1.79. The third-order valence-corrected chi connectivity index (χ3v) is 3.51. The summed E-state index contributed by atoms with van der Waals surface area (Å²) in [5, 5.41) is 3.34. The summed E-state index contributed by atoms with van der Waals surface area (Å²) < 4.78 is 0.670. The van der Waals surface area contributed by atoms with Gasteiger partial charge in [-0.05, 0) is 31.8 Å². The predicted octanol–water partition coefficient (Wildman–Crippen LogP) is 2.26. The van der Waals surface area contributed by atoms with Gasteiger partial charge in [0.05, 0.1) is 0 Å². The minimum absolute atomic E-state index is 0.670. The number of aromatic nitrogens is 1. The van der Waals surface area contributed by atoms with E-state index in [1.165, 1.54) is 17.7 Å². The Morgan fingerprint density at radius 2 is 2.25 bits per heavy atom. The summed E-state index contributed by atoms with van der Waals surface area (Å²) in [7, 11) is 0. The van der Waals surface area contributed by atoms with Crippen LogP contribution >= 0.6 is 22.9 Å². The Bertz CT molecular complexity index is 255. The number of thiazole rings is 1. The van der Waals surface area contributed by atoms with E-state index in [0.29, 0.717) is 10.4 Å². The van der Waals surface area contributed by atoms with Gasteiger partial charge in [-0.25, -0.2) is 4.98 Å². The first kappa shape index (κ1) is 8.48. The van der Waals surface area contributed by atoms with E-state index in [0.717, 1.165) is 13.1 Å². The molecule has 1 N–H and O–H groups in total. The zero-order valence-electron chi connectivity index (χ0n) is 6.72. The fourth-order valence-electron chi connectivity index (χ4n) is 1.56. The van der Waals surface area contributed by atoms with Crippen LogP contribution in [-0.2, 0) is 0 Å². The number of piperidine rings is 1. The van der Waals surface area contributed by atoms with Crippen molar-refractivity contribution in [3.8, 4) is 0 Å². The Morgan fingerprint density at radius 1 is 1.50 bits per heavy atom. The van der Waals surface area contributed by atoms with Gasteiger partial charge in [0.25, 0.3) is 0 Å². The summed E-state index contributed by atoms with van der Waals surface area (Å²) in [6.45, 7) is 2.25. The second kappa shape index (κ2) is 3.73. The fourth-order valence-corrected chi connectivity index (χ4v) is 2.68. The molecule has 0 atom stereocenters. The van der Waals surface area contributed by atoms with E-state index in [1.807, 2.05) is 6.20 Å². The lowest BCUT2D eigenvalue weighted by Gasteiger charge is -2.20. The maximum atomic E-state index is 5.77. The molecule has 2 rings (SSSR count). The Morgan fingerprint density at radius 3 is 2.83 bits per heavy atom. The molecule has 1 aliphatic heterocycles. The highest BCUT2D eigenvalue weighted by Crippen LogP contribution is 2.31. The van der Waals surface area contributed by atoms with Crippen LogP contribution in [0.25, 0.3) is 0 Å². The molecule has 1 saturated heterocycles. The molecule has 0 radical (unpaired) electrons. The van der Waals surface area contributed by atoms with Gasteiger partial charge in [-0.2, -0.15) is 0 Å². The summed E-state index contributed by atoms with van der Waals surface area (Å²) in [6.07, 6.45) is 4.36. The molecular weight excluding hydrogens is 192 g/mol. The number of rotatable bonds is 1. The van der Waals surface area contributed by atoms with Crippen molar-refractivity contribution in [2.45, 2.75) is 18.8 Å². The molecule has 66 valence electrons. The molecule has 0 spiro atoms. The summed E-state index contributed by atoms with van der Waals surface area (Å²) in [5.41, 5.74) is 0. The van der Waals surface area contributed by atoms with Crippen molar-refractivity contribution < 1.29 is 0 Å². The van der Waals surface area contributed by atoms with Crippen LogP contribution in [0.3, 0.4) is 0 Å². The number of nitrogens with zero attached hydrogens (tertiary/aromatic N) is 1. The van der Waals surface area contributed by atoms with E-state index in [2.05, 4.69) is 10.3 Å². The van der Waals surface area contributed by atoms with Gasteiger partial charge in [-0.3, -0.25) is 0 Å². The molecule has 1 aromatic heterocycles. The molecule has 12 heavy (non-hydrogen) atoms. The molecule has 0 bridgehead atoms. The minimum atomic E-state index is 0.670. The molecule has 0 aliphatic carbocycles. The van der Waals surface area contributed by atoms with Gasteiger partial charge in [0, 0.05) is 11.1 Å². The average molecular weight is 203 g/mol. The number of nitrogens with one attached hydrogen (secondary N) is 1. The highest BCUT2D eigenvalue weighted by atomic mass is 35.5. The minimum Gasteiger partial charge on any atom is -0.317 e. The van der Waals surface area contributed by atoms with Crippen molar-refractivity contribution in [1.82, 2.24) is 10.3 Å². The van der Waals surface area contributed by atoms with Crippen molar-refractivity contribution in [3.63, 3.8) is 0 Å². The molecule has 2 heterocycles. The molecular formula is C8H11ClN2S. The van der Waals surface area contributed by atoms with Crippen LogP contribution in [-0.4, -0.2) is 18.1 Å². The highest BCUT2D eigenvalue weighted by molar-refractivity contribution is 7.15. The smallest absolute Gasteiger partial charge is 0.183 e. The second-order valence-electron chi connectivity index (χ2n) is 3.04. The topological polar surface area (TPSA) is 24.9 Å². The van der Waals surface area contributed by atoms with E-state index in [1.54, 1.807) is 11.3 Å². The van der Waals surface area contributed by atoms with Gasteiger partial charge in [0.15, 0.2) is 4.47 Å². The van der Waals surface area contributed by atoms with Crippen molar-refractivity contribution in [2.75, 3.05) is 13.1 Å². The lowest BCUT2D eigenvalue weighted by molar-refractivity contribution is 0.465. The quantitative estimate of drug-likeness (QED) is 0.756. The zero-order valence-corrected chi connectivity index (χ0v) is 8.29. The Balaban J connectivity index is 2.08. The largest absolute Gasteiger partial charge is 0.317 e. The maximum Gasteiger partial charge on any atom is 0.183 e. The molecule has 0 aromatic carbocycles. The van der Waals surface area contributed by atoms with Gasteiger partial charge in [-0.1, -0.05) is 11.6 Å². The first-order valence-corrected chi connectivity index (χ1v) is 5.37. The predicted molar refractivity (Wildman–Crippen MR) is 52.0 cm³/mol. The molecule has 1 fully saturated rings. The maximum absolute atomic E-state index is 5.77. The average Bonchev–Trinajstić information content (AvgIpc) is 2.54. The van der Waals surface area contributed by atoms with E-state index in [4.69, 9.17) is 11.6 Å². The van der Waals surface area contributed by atoms with Gasteiger partial charge in [-0.15, -0.1) is 11.3 Å². The van der Waals surface area contributed by atoms with Crippen LogP contribution in [0.5, 0.6) is 0 Å². The van der Waals surface area contributed by atoms with Gasteiger partial charge < -0.3 is 5.32 Å². The van der Waals surface area contributed by atoms with Crippen molar-refractivity contribution in [3.05, 3.63) is 15.5 Å². The van der Waals surface area contributed by atoms with E-state index in [9.17, 15) is 0 Å². The molecule has 0 unspecified atom stereocenters. The van der Waals surface area contributed by atoms with Crippen LogP contribution in [0.2, 0.25) is 4.47 Å². The van der Waals surface area contributed by atoms with Crippen LogP contribution < -0.4 is 5.32 Å². The van der Waals surface area contributed by atoms with Crippen molar-refractivity contribution in [2.24, 2.45) is 0 Å². The molecule has 1 aliphatic rings. The summed E-state index contributed by atoms with van der Waals surface area (Å²) >= 11 is 7.39. The second-order valence-corrected chi connectivity index (χ2v) is 4.68. The highest BCUT2D eigenvalue weighted by Gasteiger charge is 2.16. The Kier molecular flexibility index (Phi) is 2.63. The van der Waals surface area contributed by atoms with E-state index >= 15 is 0 Å². The van der Waals surface area contributed by atoms with Gasteiger partial charge in [0.2, 0.25) is 0 Å². The van der Waals surface area contributed by atoms with Crippen LogP contribution in [0.4, 0.5) is 0 Å². The van der Waals surface area contributed by atoms with Crippen LogP contribution in [0, 0.1) is 0 Å². The monoisotopic (exact) mass is 202 g/mol. The molecule has 0 saturated carbocycles. The fraction of sp³-hybridized carbons (Fsp3) is 0.625. The Labute approximate surface area is 81.0 Å². The van der Waals surface area contributed by atoms with Crippen molar-refractivity contribution >= 4 is 22.9 Å². The molecule has 0 amide bonds. The van der Waals surface area contributed by atoms with Crippen LogP contribution in [0.15, 0.2) is 6.20 Å². The Hall–Kier alpha value is -0.120. The lowest BCUT2D eigenvalue weighted by atomic mass is 9.97. The third-order valence-electron chi connectivity index (χ3n) is 2.24. The first-order valence-electron chi connectivity index (χ1n) is 4.18. The molecule has 1 aromatic rings. The zero-order chi connectivity index (χ0) is 8.39. The first-order chi connectivity index (χ1) is 5.86. The summed E-state index contributed by atoms with van der Waals surface area (Å²) in [4.78, 5) is 5.40. The summed E-state index contributed by atoms with van der Waals surface area (Å²) in [6, 6.07) is 0. The standard InChI is InChI=1S/C8H11ClN2S/c9-8-11-5-7(12-8)6-1-3-10-4-2-6/h5-6,10H,1-4H2. The molecule has 2 nitrogen and oxygen atoms in total. The number of hydrogen-bond donors (Lipinski definition) is 1. The number of hydrogen-bond acceptors (Lipinski definition) is 3. The van der Waals surface area contributed by atoms with E-state index in [-0.39, 0.29) is 0 Å². The SMILES string of the molecule is Clc1ncc(C2CCNCC2)s1. The lowest BCUT2D eigenvalue weighted by Crippen LogP contribution is -2.26. The molecule has 4 heteroatoms. The van der Waals surface area contributed by atoms with Gasteiger partial charge >= 0.3 is 0 Å². The summed E-state index contributed by atoms with van der Waals surface area (Å²) in [5.74, 6) is 0.691.